The summed E-state index contributed by atoms with van der Waals surface area (Å²) in [5, 5.41) is 17.8. The molecule has 0 spiro atoms. The number of hydrogen-bond donors (Lipinski definition) is 2. The van der Waals surface area contributed by atoms with Gasteiger partial charge < -0.3 is 24.1 Å². The second-order valence-corrected chi connectivity index (χ2v) is 5.51. The summed E-state index contributed by atoms with van der Waals surface area (Å²) in [7, 11) is -2.61. The molecule has 0 bridgehead atoms. The minimum atomic E-state index is -2.61. The van der Waals surface area contributed by atoms with E-state index in [1.165, 1.54) is 0 Å². The van der Waals surface area contributed by atoms with E-state index in [9.17, 15) is 5.11 Å². The van der Waals surface area contributed by atoms with Crippen molar-refractivity contribution in [2.24, 2.45) is 5.73 Å². The molecule has 0 fully saturated rings. The van der Waals surface area contributed by atoms with Gasteiger partial charge in [0.15, 0.2) is 0 Å². The molecule has 17 heavy (non-hydrogen) atoms. The van der Waals surface area contributed by atoms with Crippen molar-refractivity contribution in [1.82, 2.24) is 0 Å². The topological polar surface area (TPSA) is 111 Å². The Labute approximate surface area is 103 Å². The van der Waals surface area contributed by atoms with Crippen molar-refractivity contribution in [3.05, 3.63) is 0 Å². The van der Waals surface area contributed by atoms with Crippen LogP contribution in [0.3, 0.4) is 0 Å². The lowest BCUT2D eigenvalue weighted by Crippen LogP contribution is -2.46. The van der Waals surface area contributed by atoms with Crippen LogP contribution in [-0.2, 0) is 18.4 Å². The zero-order chi connectivity index (χ0) is 13.7. The maximum Gasteiger partial charge on any atom is 0.503 e. The average Bonchev–Trinajstić information content (AvgIpc) is 2.18. The molecule has 1 radical (unpaired) electrons. The fourth-order valence-corrected chi connectivity index (χ4v) is 3.38. The molecule has 0 aliphatic heterocycles. The molecule has 0 heterocycles. The molecule has 0 aromatic carbocycles. The van der Waals surface area contributed by atoms with Crippen molar-refractivity contribution in [2.75, 3.05) is 26.4 Å². The molecule has 103 valence electrons. The van der Waals surface area contributed by atoms with Crippen LogP contribution in [0.1, 0.15) is 20.8 Å². The number of primary amides is 1. The van der Waals surface area contributed by atoms with E-state index in [0.717, 1.165) is 0 Å². The molecule has 7 nitrogen and oxygen atoms in total. The van der Waals surface area contributed by atoms with Crippen molar-refractivity contribution in [2.45, 2.75) is 26.8 Å². The zero-order valence-corrected chi connectivity index (χ0v) is 11.6. The first kappa shape index (κ1) is 18.7. The highest BCUT2D eigenvalue weighted by molar-refractivity contribution is 6.60. The van der Waals surface area contributed by atoms with Crippen molar-refractivity contribution in [3.8, 4) is 0 Å². The molecular formula is C9H22NO6Si. The van der Waals surface area contributed by atoms with Gasteiger partial charge in [-0.15, -0.1) is 0 Å². The van der Waals surface area contributed by atoms with Gasteiger partial charge in [-0.3, -0.25) is 0 Å². The molecule has 0 rings (SSSR count). The highest BCUT2D eigenvalue weighted by atomic mass is 28.4. The summed E-state index contributed by atoms with van der Waals surface area (Å²) in [5.74, 6) is 0. The van der Waals surface area contributed by atoms with Crippen molar-refractivity contribution in [1.29, 1.82) is 0 Å². The number of rotatable bonds is 8. The van der Waals surface area contributed by atoms with Gasteiger partial charge in [0, 0.05) is 25.9 Å². The van der Waals surface area contributed by atoms with Gasteiger partial charge in [0.25, 0.3) is 0 Å². The third-order valence-electron chi connectivity index (χ3n) is 1.50. The standard InChI is InChI=1S/C8H19O4Si.CH3NO2/c1-4-10-13(8-7-9,11-5-2)12-6-3;2-1(3)4/h4-8H2,1-3H3;2H2,(H,3,4). The summed E-state index contributed by atoms with van der Waals surface area (Å²) in [6.07, 6.45) is -1.33. The Hall–Kier alpha value is -0.673. The lowest BCUT2D eigenvalue weighted by molar-refractivity contribution is 0.0620. The number of nitrogens with two attached hydrogens (primary N) is 1. The maximum absolute atomic E-state index is 10.6. The van der Waals surface area contributed by atoms with Crippen LogP contribution >= 0.6 is 0 Å². The molecule has 0 unspecified atom stereocenters. The Kier molecular flexibility index (Phi) is 13.0. The van der Waals surface area contributed by atoms with E-state index < -0.39 is 14.9 Å². The Bertz CT molecular complexity index is 159. The van der Waals surface area contributed by atoms with Crippen LogP contribution in [0.25, 0.3) is 0 Å². The molecule has 0 aliphatic carbocycles. The second-order valence-electron chi connectivity index (χ2n) is 2.77. The second kappa shape index (κ2) is 11.8. The fourth-order valence-electron chi connectivity index (χ4n) is 1.13. The Morgan fingerprint density at radius 3 is 1.59 bits per heavy atom. The molecule has 3 N–H and O–H groups in total. The van der Waals surface area contributed by atoms with Crippen LogP contribution in [0.2, 0.25) is 6.04 Å². The van der Waals surface area contributed by atoms with E-state index in [2.05, 4.69) is 5.73 Å². The first-order chi connectivity index (χ1) is 7.97. The number of hydrogen-bond acceptors (Lipinski definition) is 4. The Morgan fingerprint density at radius 2 is 1.41 bits per heavy atom. The minimum absolute atomic E-state index is 0.202. The first-order valence-electron chi connectivity index (χ1n) is 5.46. The van der Waals surface area contributed by atoms with Crippen LogP contribution in [0.15, 0.2) is 0 Å². The molecule has 0 aromatic heterocycles. The van der Waals surface area contributed by atoms with Gasteiger partial charge in [0.1, 0.15) is 0 Å². The van der Waals surface area contributed by atoms with Crippen molar-refractivity contribution < 1.29 is 28.3 Å². The monoisotopic (exact) mass is 268 g/mol. The molecule has 0 saturated heterocycles. The molecule has 0 aromatic rings. The Morgan fingerprint density at radius 1 is 1.12 bits per heavy atom. The normalized spacial score (nSPS) is 10.6. The quantitative estimate of drug-likeness (QED) is 0.640. The smallest absolute Gasteiger partial charge is 0.465 e. The van der Waals surface area contributed by atoms with Crippen LogP contribution in [0, 0.1) is 0 Å². The molecular weight excluding hydrogens is 246 g/mol. The van der Waals surface area contributed by atoms with Crippen LogP contribution in [-0.4, -0.2) is 46.4 Å². The summed E-state index contributed by atoms with van der Waals surface area (Å²) in [5.41, 5.74) is 4.03. The fraction of sp³-hybridized carbons (Fsp3) is 0.889. The molecule has 1 amide bonds. The highest BCUT2D eigenvalue weighted by Crippen LogP contribution is 2.14. The van der Waals surface area contributed by atoms with Crippen LogP contribution in [0.4, 0.5) is 4.79 Å². The third kappa shape index (κ3) is 11.6. The number of carbonyl (C=O) groups is 1. The maximum atomic E-state index is 10.6. The van der Waals surface area contributed by atoms with E-state index in [1.54, 1.807) is 0 Å². The summed E-state index contributed by atoms with van der Waals surface area (Å²) in [4.78, 5) is 8.78. The molecule has 0 aliphatic rings. The van der Waals surface area contributed by atoms with Gasteiger partial charge in [-0.2, -0.15) is 0 Å². The minimum Gasteiger partial charge on any atom is -0.465 e. The summed E-state index contributed by atoms with van der Waals surface area (Å²) in [6.45, 7) is 7.04. The largest absolute Gasteiger partial charge is 0.503 e. The first-order valence-corrected chi connectivity index (χ1v) is 7.39. The van der Waals surface area contributed by atoms with Crippen LogP contribution in [0.5, 0.6) is 0 Å². The van der Waals surface area contributed by atoms with E-state index in [1.807, 2.05) is 20.8 Å². The molecule has 0 atom stereocenters. The van der Waals surface area contributed by atoms with E-state index in [4.69, 9.17) is 23.2 Å². The predicted molar refractivity (Wildman–Crippen MR) is 63.2 cm³/mol. The average molecular weight is 268 g/mol. The molecule has 8 heteroatoms. The predicted octanol–water partition coefficient (Wildman–Crippen LogP) is 1.09. The summed E-state index contributed by atoms with van der Waals surface area (Å²) >= 11 is 0. The van der Waals surface area contributed by atoms with Crippen molar-refractivity contribution in [3.63, 3.8) is 0 Å². The van der Waals surface area contributed by atoms with Crippen LogP contribution < -0.4 is 5.73 Å². The number of carboxylic acid groups (broad SMARTS) is 1. The van der Waals surface area contributed by atoms with Crippen molar-refractivity contribution >= 4 is 14.9 Å². The van der Waals surface area contributed by atoms with Gasteiger partial charge in [0.05, 0.1) is 6.61 Å². The lowest BCUT2D eigenvalue weighted by atomic mass is 10.9. The summed E-state index contributed by atoms with van der Waals surface area (Å²) < 4.78 is 16.3. The van der Waals surface area contributed by atoms with Gasteiger partial charge in [0.2, 0.25) is 0 Å². The highest BCUT2D eigenvalue weighted by Gasteiger charge is 2.39. The lowest BCUT2D eigenvalue weighted by Gasteiger charge is -2.27. The number of amides is 1. The SMILES string of the molecule is CCO[Si](CC[O])(OCC)OCC.NC(=O)O. The van der Waals surface area contributed by atoms with Gasteiger partial charge in [-0.05, 0) is 20.8 Å². The van der Waals surface area contributed by atoms with E-state index >= 15 is 0 Å². The summed E-state index contributed by atoms with van der Waals surface area (Å²) in [6, 6.07) is 0.364. The van der Waals surface area contributed by atoms with Gasteiger partial charge >= 0.3 is 14.9 Å². The Balaban J connectivity index is 0. The van der Waals surface area contributed by atoms with Gasteiger partial charge in [-0.25, -0.2) is 9.90 Å². The zero-order valence-electron chi connectivity index (χ0n) is 10.6. The van der Waals surface area contributed by atoms with E-state index in [-0.39, 0.29) is 6.61 Å². The van der Waals surface area contributed by atoms with E-state index in [0.29, 0.717) is 25.9 Å². The van der Waals surface area contributed by atoms with Gasteiger partial charge in [-0.1, -0.05) is 0 Å². The third-order valence-corrected chi connectivity index (χ3v) is 4.50. The molecule has 0 saturated carbocycles.